The molecule has 0 aromatic heterocycles. The van der Waals surface area contributed by atoms with Crippen LogP contribution in [0.1, 0.15) is 46.5 Å². The van der Waals surface area contributed by atoms with Gasteiger partial charge in [0.1, 0.15) is 0 Å². The molecule has 0 aromatic carbocycles. The summed E-state index contributed by atoms with van der Waals surface area (Å²) in [5.74, 6) is 0. The summed E-state index contributed by atoms with van der Waals surface area (Å²) in [4.78, 5) is 2.55. The van der Waals surface area contributed by atoms with Crippen LogP contribution in [0.25, 0.3) is 0 Å². The molecule has 1 aliphatic rings. The second-order valence-electron chi connectivity index (χ2n) is 4.36. The monoisotopic (exact) mass is 155 g/mol. The van der Waals surface area contributed by atoms with Crippen molar-refractivity contribution >= 4 is 0 Å². The van der Waals surface area contributed by atoms with E-state index < -0.39 is 0 Å². The van der Waals surface area contributed by atoms with E-state index >= 15 is 0 Å². The summed E-state index contributed by atoms with van der Waals surface area (Å²) in [6.45, 7) is 6.95. The lowest BCUT2D eigenvalue weighted by Crippen LogP contribution is -2.49. The predicted octanol–water partition coefficient (Wildman–Crippen LogP) is 2.66. The van der Waals surface area contributed by atoms with Crippen molar-refractivity contribution in [3.05, 3.63) is 0 Å². The van der Waals surface area contributed by atoms with Gasteiger partial charge in [-0.05, 0) is 40.2 Å². The zero-order valence-corrected chi connectivity index (χ0v) is 8.35. The summed E-state index contributed by atoms with van der Waals surface area (Å²) in [5, 5.41) is 0. The predicted molar refractivity (Wildman–Crippen MR) is 49.8 cm³/mol. The highest BCUT2D eigenvalue weighted by Crippen LogP contribution is 2.30. The zero-order valence-electron chi connectivity index (χ0n) is 8.35. The fourth-order valence-electron chi connectivity index (χ4n) is 1.52. The van der Waals surface area contributed by atoms with Crippen molar-refractivity contribution in [1.29, 1.82) is 0 Å². The third-order valence-corrected chi connectivity index (χ3v) is 3.44. The van der Waals surface area contributed by atoms with Crippen LogP contribution >= 0.6 is 0 Å². The van der Waals surface area contributed by atoms with E-state index in [0.717, 1.165) is 6.04 Å². The lowest BCUT2D eigenvalue weighted by Gasteiger charge is -2.44. The van der Waals surface area contributed by atoms with Crippen LogP contribution in [-0.2, 0) is 0 Å². The van der Waals surface area contributed by atoms with E-state index in [0.29, 0.717) is 5.54 Å². The first kappa shape index (κ1) is 9.05. The Morgan fingerprint density at radius 1 is 1.36 bits per heavy atom. The normalized spacial score (nSPS) is 20.5. The van der Waals surface area contributed by atoms with E-state index in [2.05, 4.69) is 32.7 Å². The smallest absolute Gasteiger partial charge is 0.0150 e. The third-order valence-electron chi connectivity index (χ3n) is 3.44. The molecule has 0 heterocycles. The average molecular weight is 155 g/mol. The van der Waals surface area contributed by atoms with Gasteiger partial charge in [0.2, 0.25) is 0 Å². The molecular weight excluding hydrogens is 134 g/mol. The van der Waals surface area contributed by atoms with Gasteiger partial charge < -0.3 is 0 Å². The van der Waals surface area contributed by atoms with Gasteiger partial charge in [0.25, 0.3) is 0 Å². The van der Waals surface area contributed by atoms with Crippen LogP contribution < -0.4 is 0 Å². The Balaban J connectivity index is 2.44. The molecular formula is C10H21N. The van der Waals surface area contributed by atoms with E-state index in [9.17, 15) is 0 Å². The number of nitrogens with zero attached hydrogens (tertiary/aromatic N) is 1. The first-order valence-corrected chi connectivity index (χ1v) is 4.81. The van der Waals surface area contributed by atoms with Gasteiger partial charge in [-0.15, -0.1) is 0 Å². The second-order valence-corrected chi connectivity index (χ2v) is 4.36. The summed E-state index contributed by atoms with van der Waals surface area (Å²) < 4.78 is 0. The summed E-state index contributed by atoms with van der Waals surface area (Å²) in [5.41, 5.74) is 0.408. The van der Waals surface area contributed by atoms with Crippen LogP contribution in [0.15, 0.2) is 0 Å². The van der Waals surface area contributed by atoms with Crippen molar-refractivity contribution in [3.8, 4) is 0 Å². The van der Waals surface area contributed by atoms with E-state index in [-0.39, 0.29) is 0 Å². The Bertz CT molecular complexity index is 125. The number of hydrogen-bond donors (Lipinski definition) is 0. The van der Waals surface area contributed by atoms with Gasteiger partial charge in [-0.1, -0.05) is 13.3 Å². The minimum absolute atomic E-state index is 0.408. The first-order chi connectivity index (χ1) is 5.08. The molecule has 0 atom stereocenters. The number of rotatable bonds is 3. The summed E-state index contributed by atoms with van der Waals surface area (Å²) in [7, 11) is 2.27. The molecule has 1 saturated carbocycles. The molecule has 1 fully saturated rings. The van der Waals surface area contributed by atoms with Crippen molar-refractivity contribution in [2.24, 2.45) is 0 Å². The minimum Gasteiger partial charge on any atom is -0.298 e. The van der Waals surface area contributed by atoms with E-state index in [1.807, 2.05) is 0 Å². The Morgan fingerprint density at radius 3 is 2.18 bits per heavy atom. The number of hydrogen-bond acceptors (Lipinski definition) is 1. The van der Waals surface area contributed by atoms with Gasteiger partial charge in [0, 0.05) is 11.6 Å². The maximum Gasteiger partial charge on any atom is 0.0150 e. The van der Waals surface area contributed by atoms with Gasteiger partial charge >= 0.3 is 0 Å². The topological polar surface area (TPSA) is 3.24 Å². The summed E-state index contributed by atoms with van der Waals surface area (Å²) in [6, 6.07) is 0.880. The molecule has 1 aliphatic carbocycles. The molecule has 11 heavy (non-hydrogen) atoms. The van der Waals surface area contributed by atoms with Crippen molar-refractivity contribution in [2.45, 2.75) is 58.0 Å². The molecule has 0 saturated heterocycles. The molecule has 0 aliphatic heterocycles. The molecule has 0 amide bonds. The van der Waals surface area contributed by atoms with Crippen molar-refractivity contribution < 1.29 is 0 Å². The molecule has 0 spiro atoms. The highest BCUT2D eigenvalue weighted by atomic mass is 15.2. The molecule has 0 radical (unpaired) electrons. The van der Waals surface area contributed by atoms with Crippen LogP contribution in [0, 0.1) is 0 Å². The van der Waals surface area contributed by atoms with Crippen LogP contribution in [0.4, 0.5) is 0 Å². The van der Waals surface area contributed by atoms with Crippen molar-refractivity contribution in [3.63, 3.8) is 0 Å². The van der Waals surface area contributed by atoms with E-state index in [1.54, 1.807) is 0 Å². The molecule has 66 valence electrons. The standard InChI is InChI=1S/C10H21N/c1-5-10(2,3)11(4)9-7-6-8-9/h9H,5-8H2,1-4H3. The van der Waals surface area contributed by atoms with Crippen LogP contribution in [0.3, 0.4) is 0 Å². The highest BCUT2D eigenvalue weighted by Gasteiger charge is 2.30. The van der Waals surface area contributed by atoms with Gasteiger partial charge in [0.05, 0.1) is 0 Å². The first-order valence-electron chi connectivity index (χ1n) is 4.81. The molecule has 1 heteroatoms. The molecule has 1 nitrogen and oxygen atoms in total. The molecule has 1 rings (SSSR count). The maximum atomic E-state index is 2.55. The van der Waals surface area contributed by atoms with E-state index in [4.69, 9.17) is 0 Å². The summed E-state index contributed by atoms with van der Waals surface area (Å²) >= 11 is 0. The summed E-state index contributed by atoms with van der Waals surface area (Å²) in [6.07, 6.45) is 5.52. The fourth-order valence-corrected chi connectivity index (χ4v) is 1.52. The highest BCUT2D eigenvalue weighted by molar-refractivity contribution is 4.87. The Labute approximate surface area is 70.8 Å². The maximum absolute atomic E-state index is 2.55. The molecule has 0 N–H and O–H groups in total. The van der Waals surface area contributed by atoms with Crippen LogP contribution in [-0.4, -0.2) is 23.5 Å². The molecule has 0 unspecified atom stereocenters. The second kappa shape index (κ2) is 3.14. The Hall–Kier alpha value is -0.0400. The van der Waals surface area contributed by atoms with Crippen LogP contribution in [0.5, 0.6) is 0 Å². The fraction of sp³-hybridized carbons (Fsp3) is 1.00. The van der Waals surface area contributed by atoms with E-state index in [1.165, 1.54) is 25.7 Å². The average Bonchev–Trinajstić information content (AvgIpc) is 1.84. The quantitative estimate of drug-likeness (QED) is 0.605. The Morgan fingerprint density at radius 2 is 1.91 bits per heavy atom. The molecule has 0 bridgehead atoms. The lowest BCUT2D eigenvalue weighted by atomic mass is 9.87. The largest absolute Gasteiger partial charge is 0.298 e. The van der Waals surface area contributed by atoms with Gasteiger partial charge in [-0.2, -0.15) is 0 Å². The van der Waals surface area contributed by atoms with Crippen molar-refractivity contribution in [1.82, 2.24) is 4.90 Å². The lowest BCUT2D eigenvalue weighted by molar-refractivity contribution is 0.0540. The third kappa shape index (κ3) is 1.76. The van der Waals surface area contributed by atoms with Gasteiger partial charge in [-0.25, -0.2) is 0 Å². The zero-order chi connectivity index (χ0) is 8.48. The van der Waals surface area contributed by atoms with Crippen LogP contribution in [0.2, 0.25) is 0 Å². The molecule has 0 aromatic rings. The SMILES string of the molecule is CCC(C)(C)N(C)C1CCC1. The van der Waals surface area contributed by atoms with Crippen molar-refractivity contribution in [2.75, 3.05) is 7.05 Å². The minimum atomic E-state index is 0.408. The Kier molecular flexibility index (Phi) is 2.58. The van der Waals surface area contributed by atoms with Gasteiger partial charge in [-0.3, -0.25) is 4.90 Å². The van der Waals surface area contributed by atoms with Gasteiger partial charge in [0.15, 0.2) is 0 Å².